The average molecular weight is 260 g/mol. The first-order valence-electron chi connectivity index (χ1n) is 5.80. The van der Waals surface area contributed by atoms with E-state index in [1.807, 2.05) is 0 Å². The fourth-order valence-electron chi connectivity index (χ4n) is 1.78. The maximum absolute atomic E-state index is 12.2. The van der Waals surface area contributed by atoms with Crippen LogP contribution in [-0.4, -0.2) is 27.8 Å². The van der Waals surface area contributed by atoms with E-state index in [0.717, 1.165) is 0 Å². The molecule has 3 N–H and O–H groups in total. The lowest BCUT2D eigenvalue weighted by molar-refractivity contribution is -0.119. The minimum atomic E-state index is -0.777. The molecule has 1 aromatic carbocycles. The lowest BCUT2D eigenvalue weighted by Crippen LogP contribution is -2.35. The van der Waals surface area contributed by atoms with Gasteiger partial charge >= 0.3 is 0 Å². The molecule has 0 aliphatic rings. The molecule has 0 saturated heterocycles. The Kier molecular flexibility index (Phi) is 3.52. The molecule has 1 amide bonds. The van der Waals surface area contributed by atoms with E-state index in [0.29, 0.717) is 11.3 Å². The SMILES string of the molecule is CN(C(=O)C(N)c1cnn(C)c1)c1cccc(O)c1. The first kappa shape index (κ1) is 13.1. The van der Waals surface area contributed by atoms with Crippen LogP contribution in [0.3, 0.4) is 0 Å². The second kappa shape index (κ2) is 5.11. The quantitative estimate of drug-likeness (QED) is 0.854. The topological polar surface area (TPSA) is 84.4 Å². The minimum absolute atomic E-state index is 0.104. The number of aromatic hydroxyl groups is 1. The summed E-state index contributed by atoms with van der Waals surface area (Å²) in [4.78, 5) is 13.7. The van der Waals surface area contributed by atoms with Crippen molar-refractivity contribution in [2.45, 2.75) is 6.04 Å². The number of carbonyl (C=O) groups is 1. The van der Waals surface area contributed by atoms with Gasteiger partial charge < -0.3 is 15.7 Å². The Hall–Kier alpha value is -2.34. The molecule has 1 unspecified atom stereocenters. The molecule has 0 aliphatic heterocycles. The molecule has 1 heterocycles. The normalized spacial score (nSPS) is 12.2. The monoisotopic (exact) mass is 260 g/mol. The third-order valence-corrected chi connectivity index (χ3v) is 2.90. The number of aryl methyl sites for hydroxylation is 1. The van der Waals surface area contributed by atoms with E-state index < -0.39 is 6.04 Å². The molecule has 2 rings (SSSR count). The predicted molar refractivity (Wildman–Crippen MR) is 71.7 cm³/mol. The Morgan fingerprint density at radius 3 is 2.84 bits per heavy atom. The van der Waals surface area contributed by atoms with Crippen LogP contribution in [0.15, 0.2) is 36.7 Å². The smallest absolute Gasteiger partial charge is 0.248 e. The van der Waals surface area contributed by atoms with Gasteiger partial charge in [-0.2, -0.15) is 5.10 Å². The van der Waals surface area contributed by atoms with E-state index in [4.69, 9.17) is 5.73 Å². The number of aromatic nitrogens is 2. The standard InChI is InChI=1S/C13H16N4O2/c1-16-8-9(7-15-16)12(14)13(19)17(2)10-4-3-5-11(18)6-10/h3-8,12,18H,14H2,1-2H3. The third kappa shape index (κ3) is 2.74. The summed E-state index contributed by atoms with van der Waals surface area (Å²) in [7, 11) is 3.38. The predicted octanol–water partition coefficient (Wildman–Crippen LogP) is 0.788. The minimum Gasteiger partial charge on any atom is -0.508 e. The molecule has 1 aromatic heterocycles. The van der Waals surface area contributed by atoms with Crippen molar-refractivity contribution in [3.05, 3.63) is 42.2 Å². The summed E-state index contributed by atoms with van der Waals surface area (Å²) < 4.78 is 1.59. The van der Waals surface area contributed by atoms with Crippen LogP contribution in [0.1, 0.15) is 11.6 Å². The summed E-state index contributed by atoms with van der Waals surface area (Å²) >= 11 is 0. The van der Waals surface area contributed by atoms with Gasteiger partial charge in [0.15, 0.2) is 0 Å². The molecule has 2 aromatic rings. The van der Waals surface area contributed by atoms with Crippen molar-refractivity contribution in [2.24, 2.45) is 12.8 Å². The van der Waals surface area contributed by atoms with Crippen LogP contribution < -0.4 is 10.6 Å². The lowest BCUT2D eigenvalue weighted by atomic mass is 10.1. The van der Waals surface area contributed by atoms with Gasteiger partial charge in [-0.1, -0.05) is 6.07 Å². The number of hydrogen-bond acceptors (Lipinski definition) is 4. The van der Waals surface area contributed by atoms with Crippen LogP contribution in [0.2, 0.25) is 0 Å². The number of hydrogen-bond donors (Lipinski definition) is 2. The van der Waals surface area contributed by atoms with Gasteiger partial charge in [-0.3, -0.25) is 9.48 Å². The van der Waals surface area contributed by atoms with E-state index >= 15 is 0 Å². The number of nitrogens with two attached hydrogens (primary N) is 1. The van der Waals surface area contributed by atoms with Crippen molar-refractivity contribution in [3.63, 3.8) is 0 Å². The van der Waals surface area contributed by atoms with Crippen LogP contribution in [0.25, 0.3) is 0 Å². The molecular formula is C13H16N4O2. The molecule has 0 fully saturated rings. The zero-order valence-electron chi connectivity index (χ0n) is 10.8. The van der Waals surface area contributed by atoms with Gasteiger partial charge in [0.1, 0.15) is 11.8 Å². The van der Waals surface area contributed by atoms with Crippen molar-refractivity contribution in [3.8, 4) is 5.75 Å². The number of phenolic OH excluding ortho intramolecular Hbond substituents is 1. The zero-order chi connectivity index (χ0) is 14.0. The fraction of sp³-hybridized carbons (Fsp3) is 0.231. The number of carbonyl (C=O) groups excluding carboxylic acids is 1. The highest BCUT2D eigenvalue weighted by atomic mass is 16.3. The first-order chi connectivity index (χ1) is 8.99. The molecule has 19 heavy (non-hydrogen) atoms. The van der Waals surface area contributed by atoms with Gasteiger partial charge in [0.05, 0.1) is 6.20 Å². The van der Waals surface area contributed by atoms with Crippen LogP contribution >= 0.6 is 0 Å². The van der Waals surface area contributed by atoms with Crippen LogP contribution in [0.4, 0.5) is 5.69 Å². The van der Waals surface area contributed by atoms with Gasteiger partial charge in [-0.05, 0) is 12.1 Å². The molecule has 100 valence electrons. The average Bonchev–Trinajstić information content (AvgIpc) is 2.83. The molecule has 6 heteroatoms. The number of amides is 1. The molecule has 0 spiro atoms. The van der Waals surface area contributed by atoms with E-state index in [1.54, 1.807) is 49.4 Å². The number of phenols is 1. The number of benzene rings is 1. The van der Waals surface area contributed by atoms with Gasteiger partial charge in [-0.25, -0.2) is 0 Å². The second-order valence-electron chi connectivity index (χ2n) is 4.34. The Morgan fingerprint density at radius 2 is 2.26 bits per heavy atom. The maximum Gasteiger partial charge on any atom is 0.248 e. The van der Waals surface area contributed by atoms with Crippen LogP contribution in [0.5, 0.6) is 5.75 Å². The molecule has 0 bridgehead atoms. The summed E-state index contributed by atoms with van der Waals surface area (Å²) in [6.07, 6.45) is 3.28. The highest BCUT2D eigenvalue weighted by Crippen LogP contribution is 2.21. The molecule has 0 saturated carbocycles. The summed E-state index contributed by atoms with van der Waals surface area (Å²) in [6, 6.07) is 5.68. The highest BCUT2D eigenvalue weighted by molar-refractivity contribution is 5.97. The zero-order valence-corrected chi connectivity index (χ0v) is 10.8. The van der Waals surface area contributed by atoms with Crippen molar-refractivity contribution < 1.29 is 9.90 Å². The largest absolute Gasteiger partial charge is 0.508 e. The summed E-state index contributed by atoms with van der Waals surface area (Å²) in [5, 5.41) is 13.4. The first-order valence-corrected chi connectivity index (χ1v) is 5.80. The number of anilines is 1. The van der Waals surface area contributed by atoms with Gasteiger partial charge in [-0.15, -0.1) is 0 Å². The molecular weight excluding hydrogens is 244 g/mol. The van der Waals surface area contributed by atoms with E-state index in [-0.39, 0.29) is 11.7 Å². The van der Waals surface area contributed by atoms with Gasteiger partial charge in [0.2, 0.25) is 5.91 Å². The number of likely N-dealkylation sites (N-methyl/N-ethyl adjacent to an activating group) is 1. The van der Waals surface area contributed by atoms with Gasteiger partial charge in [0.25, 0.3) is 0 Å². The molecule has 1 atom stereocenters. The third-order valence-electron chi connectivity index (χ3n) is 2.90. The number of nitrogens with zero attached hydrogens (tertiary/aromatic N) is 3. The molecule has 0 radical (unpaired) electrons. The maximum atomic E-state index is 12.2. The van der Waals surface area contributed by atoms with Gasteiger partial charge in [0, 0.05) is 37.6 Å². The van der Waals surface area contributed by atoms with Crippen LogP contribution in [0, 0.1) is 0 Å². The van der Waals surface area contributed by atoms with Crippen LogP contribution in [-0.2, 0) is 11.8 Å². The van der Waals surface area contributed by atoms with E-state index in [9.17, 15) is 9.90 Å². The van der Waals surface area contributed by atoms with Crippen molar-refractivity contribution in [1.29, 1.82) is 0 Å². The molecule has 6 nitrogen and oxygen atoms in total. The Balaban J connectivity index is 2.19. The summed E-state index contributed by atoms with van der Waals surface area (Å²) in [6.45, 7) is 0. The van der Waals surface area contributed by atoms with Crippen molar-refractivity contribution in [2.75, 3.05) is 11.9 Å². The van der Waals surface area contributed by atoms with Crippen molar-refractivity contribution >= 4 is 11.6 Å². The highest BCUT2D eigenvalue weighted by Gasteiger charge is 2.22. The summed E-state index contributed by atoms with van der Waals surface area (Å²) in [5.74, 6) is -0.161. The fourth-order valence-corrected chi connectivity index (χ4v) is 1.78. The van der Waals surface area contributed by atoms with Crippen molar-refractivity contribution in [1.82, 2.24) is 9.78 Å². The van der Waals surface area contributed by atoms with E-state index in [1.165, 1.54) is 11.0 Å². The molecule has 0 aliphatic carbocycles. The van der Waals surface area contributed by atoms with E-state index in [2.05, 4.69) is 5.10 Å². The lowest BCUT2D eigenvalue weighted by Gasteiger charge is -2.20. The second-order valence-corrected chi connectivity index (χ2v) is 4.34. The Labute approximate surface area is 111 Å². The summed E-state index contributed by atoms with van der Waals surface area (Å²) in [5.41, 5.74) is 7.16. The Bertz CT molecular complexity index is 594. The number of rotatable bonds is 3. The Morgan fingerprint density at radius 1 is 1.53 bits per heavy atom.